The van der Waals surface area contributed by atoms with Crippen molar-refractivity contribution in [2.24, 2.45) is 5.92 Å². The van der Waals surface area contributed by atoms with Gasteiger partial charge in [0.25, 0.3) is 11.8 Å². The Labute approximate surface area is 164 Å². The summed E-state index contributed by atoms with van der Waals surface area (Å²) in [6.07, 6.45) is 0. The molecule has 1 aliphatic rings. The number of carbonyl (C=O) groups is 3. The molecule has 0 saturated carbocycles. The molecule has 6 nitrogen and oxygen atoms in total. The van der Waals surface area contributed by atoms with E-state index in [0.29, 0.717) is 17.7 Å². The van der Waals surface area contributed by atoms with Crippen LogP contribution in [0.2, 0.25) is 0 Å². The Morgan fingerprint density at radius 2 is 1.50 bits per heavy atom. The Morgan fingerprint density at radius 3 is 2.00 bits per heavy atom. The van der Waals surface area contributed by atoms with Gasteiger partial charge < -0.3 is 10.0 Å². The molecule has 2 aromatic carbocycles. The van der Waals surface area contributed by atoms with Crippen molar-refractivity contribution in [3.05, 3.63) is 71.3 Å². The summed E-state index contributed by atoms with van der Waals surface area (Å²) < 4.78 is 0. The first-order valence-corrected chi connectivity index (χ1v) is 9.36. The highest BCUT2D eigenvalue weighted by Crippen LogP contribution is 2.28. The van der Waals surface area contributed by atoms with E-state index in [1.165, 1.54) is 4.90 Å². The van der Waals surface area contributed by atoms with Crippen LogP contribution in [0.25, 0.3) is 0 Å². The van der Waals surface area contributed by atoms with Gasteiger partial charge in [-0.05, 0) is 23.6 Å². The molecule has 0 saturated heterocycles. The number of fused-ring (bicyclic) bond motifs is 1. The average molecular weight is 380 g/mol. The second-order valence-electron chi connectivity index (χ2n) is 7.18. The summed E-state index contributed by atoms with van der Waals surface area (Å²) >= 11 is 0. The third-order valence-corrected chi connectivity index (χ3v) is 4.89. The van der Waals surface area contributed by atoms with Gasteiger partial charge in [-0.15, -0.1) is 0 Å². The first-order valence-electron chi connectivity index (χ1n) is 9.36. The Kier molecular flexibility index (Phi) is 5.90. The van der Waals surface area contributed by atoms with Crippen molar-refractivity contribution in [3.8, 4) is 0 Å². The lowest BCUT2D eigenvalue weighted by molar-refractivity contribution is -0.138. The zero-order chi connectivity index (χ0) is 20.3. The molecule has 1 heterocycles. The summed E-state index contributed by atoms with van der Waals surface area (Å²) in [6.45, 7) is 3.84. The largest absolute Gasteiger partial charge is 0.395 e. The number of benzene rings is 2. The second kappa shape index (κ2) is 8.35. The molecule has 0 bridgehead atoms. The van der Waals surface area contributed by atoms with Crippen molar-refractivity contribution in [1.29, 1.82) is 0 Å². The maximum absolute atomic E-state index is 13.4. The van der Waals surface area contributed by atoms with Gasteiger partial charge >= 0.3 is 0 Å². The standard InChI is InChI=1S/C22H24N2O4/c1-15(2)19(24-20(26)17-10-6-7-11-18(17)21(24)27)22(28)23(12-13-25)14-16-8-4-3-5-9-16/h3-11,15,19,25H,12-14H2,1-2H3. The molecule has 0 radical (unpaired) electrons. The van der Waals surface area contributed by atoms with Crippen LogP contribution in [-0.2, 0) is 11.3 Å². The molecule has 0 spiro atoms. The van der Waals surface area contributed by atoms with Crippen LogP contribution in [0.3, 0.4) is 0 Å². The van der Waals surface area contributed by atoms with Crippen LogP contribution in [0.4, 0.5) is 0 Å². The van der Waals surface area contributed by atoms with Gasteiger partial charge in [0.15, 0.2) is 0 Å². The van der Waals surface area contributed by atoms with Crippen molar-refractivity contribution in [3.63, 3.8) is 0 Å². The Hall–Kier alpha value is -2.99. The maximum Gasteiger partial charge on any atom is 0.262 e. The molecule has 0 aliphatic carbocycles. The second-order valence-corrected chi connectivity index (χ2v) is 7.18. The fourth-order valence-electron chi connectivity index (χ4n) is 3.53. The molecule has 146 valence electrons. The lowest BCUT2D eigenvalue weighted by Crippen LogP contribution is -2.53. The predicted molar refractivity (Wildman–Crippen MR) is 105 cm³/mol. The quantitative estimate of drug-likeness (QED) is 0.748. The first kappa shape index (κ1) is 19.8. The van der Waals surface area contributed by atoms with E-state index in [1.54, 1.807) is 24.3 Å². The molecule has 6 heteroatoms. The van der Waals surface area contributed by atoms with Gasteiger partial charge in [-0.3, -0.25) is 19.3 Å². The van der Waals surface area contributed by atoms with Crippen LogP contribution in [0, 0.1) is 5.92 Å². The fourth-order valence-corrected chi connectivity index (χ4v) is 3.53. The van der Waals surface area contributed by atoms with Gasteiger partial charge in [0.05, 0.1) is 17.7 Å². The first-order chi connectivity index (χ1) is 13.5. The molecule has 1 unspecified atom stereocenters. The van der Waals surface area contributed by atoms with E-state index in [0.717, 1.165) is 10.5 Å². The van der Waals surface area contributed by atoms with E-state index in [4.69, 9.17) is 0 Å². The topological polar surface area (TPSA) is 77.9 Å². The molecule has 0 aromatic heterocycles. The third-order valence-electron chi connectivity index (χ3n) is 4.89. The summed E-state index contributed by atoms with van der Waals surface area (Å²) in [6, 6.07) is 15.1. The molecule has 28 heavy (non-hydrogen) atoms. The number of amides is 3. The highest BCUT2D eigenvalue weighted by molar-refractivity contribution is 6.22. The predicted octanol–water partition coefficient (Wildman–Crippen LogP) is 2.33. The summed E-state index contributed by atoms with van der Waals surface area (Å²) in [4.78, 5) is 41.7. The van der Waals surface area contributed by atoms with Crippen LogP contribution in [-0.4, -0.2) is 51.8 Å². The fraction of sp³-hybridized carbons (Fsp3) is 0.318. The van der Waals surface area contributed by atoms with Crippen molar-refractivity contribution in [2.45, 2.75) is 26.4 Å². The number of aliphatic hydroxyl groups excluding tert-OH is 1. The zero-order valence-corrected chi connectivity index (χ0v) is 16.0. The van der Waals surface area contributed by atoms with Gasteiger partial charge in [0.1, 0.15) is 6.04 Å². The molecule has 1 aliphatic heterocycles. The normalized spacial score (nSPS) is 14.4. The molecule has 3 rings (SSSR count). The van der Waals surface area contributed by atoms with Gasteiger partial charge in [0, 0.05) is 13.1 Å². The van der Waals surface area contributed by atoms with Crippen molar-refractivity contribution < 1.29 is 19.5 Å². The Bertz CT molecular complexity index is 844. The van der Waals surface area contributed by atoms with E-state index in [-0.39, 0.29) is 25.0 Å². The molecule has 3 amide bonds. The van der Waals surface area contributed by atoms with Gasteiger partial charge in [-0.1, -0.05) is 56.3 Å². The molecule has 1 N–H and O–H groups in total. The Morgan fingerprint density at radius 1 is 0.964 bits per heavy atom. The van der Waals surface area contributed by atoms with Crippen molar-refractivity contribution in [1.82, 2.24) is 9.80 Å². The molecular formula is C22H24N2O4. The van der Waals surface area contributed by atoms with E-state index >= 15 is 0 Å². The molecule has 1 atom stereocenters. The number of carbonyl (C=O) groups excluding carboxylic acids is 3. The lowest BCUT2D eigenvalue weighted by Gasteiger charge is -2.33. The molecular weight excluding hydrogens is 356 g/mol. The van der Waals surface area contributed by atoms with Crippen LogP contribution in [0.15, 0.2) is 54.6 Å². The molecule has 0 fully saturated rings. The van der Waals surface area contributed by atoms with E-state index < -0.39 is 17.9 Å². The SMILES string of the molecule is CC(C)C(C(=O)N(CCO)Cc1ccccc1)N1C(=O)c2ccccc2C1=O. The highest BCUT2D eigenvalue weighted by atomic mass is 16.3. The lowest BCUT2D eigenvalue weighted by atomic mass is 10.0. The van der Waals surface area contributed by atoms with Crippen LogP contribution in [0.5, 0.6) is 0 Å². The summed E-state index contributed by atoms with van der Waals surface area (Å²) in [5, 5.41) is 9.45. The summed E-state index contributed by atoms with van der Waals surface area (Å²) in [7, 11) is 0. The van der Waals surface area contributed by atoms with Crippen LogP contribution >= 0.6 is 0 Å². The minimum Gasteiger partial charge on any atom is -0.395 e. The number of hydrogen-bond acceptors (Lipinski definition) is 4. The smallest absolute Gasteiger partial charge is 0.262 e. The maximum atomic E-state index is 13.4. The molecule has 2 aromatic rings. The number of nitrogens with zero attached hydrogens (tertiary/aromatic N) is 2. The number of aliphatic hydroxyl groups is 1. The van der Waals surface area contributed by atoms with Crippen molar-refractivity contribution in [2.75, 3.05) is 13.2 Å². The average Bonchev–Trinajstić information content (AvgIpc) is 2.94. The van der Waals surface area contributed by atoms with Gasteiger partial charge in [0.2, 0.25) is 5.91 Å². The van der Waals surface area contributed by atoms with E-state index in [1.807, 2.05) is 44.2 Å². The Balaban J connectivity index is 1.91. The zero-order valence-electron chi connectivity index (χ0n) is 16.0. The number of imide groups is 1. The summed E-state index contributed by atoms with van der Waals surface area (Å²) in [5.74, 6) is -1.51. The number of rotatable bonds is 7. The van der Waals surface area contributed by atoms with Crippen LogP contribution < -0.4 is 0 Å². The minimum absolute atomic E-state index is 0.125. The van der Waals surface area contributed by atoms with Crippen LogP contribution in [0.1, 0.15) is 40.1 Å². The van der Waals surface area contributed by atoms with Gasteiger partial charge in [-0.25, -0.2) is 0 Å². The monoisotopic (exact) mass is 380 g/mol. The number of hydrogen-bond donors (Lipinski definition) is 1. The van der Waals surface area contributed by atoms with E-state index in [9.17, 15) is 19.5 Å². The van der Waals surface area contributed by atoms with Crippen molar-refractivity contribution >= 4 is 17.7 Å². The van der Waals surface area contributed by atoms with Gasteiger partial charge in [-0.2, -0.15) is 0 Å². The minimum atomic E-state index is -0.928. The summed E-state index contributed by atoms with van der Waals surface area (Å²) in [5.41, 5.74) is 1.56. The van der Waals surface area contributed by atoms with E-state index in [2.05, 4.69) is 0 Å². The third kappa shape index (κ3) is 3.68. The highest BCUT2D eigenvalue weighted by Gasteiger charge is 2.45.